The topological polar surface area (TPSA) is 16.1 Å². The van der Waals surface area contributed by atoms with Gasteiger partial charge in [0.25, 0.3) is 0 Å². The molecule has 0 aliphatic carbocycles. The first-order valence-corrected chi connectivity index (χ1v) is 6.48. The molecule has 2 aromatic rings. The van der Waals surface area contributed by atoms with Crippen molar-refractivity contribution in [3.63, 3.8) is 0 Å². The Kier molecular flexibility index (Phi) is 3.06. The Labute approximate surface area is 102 Å². The minimum absolute atomic E-state index is 1.05. The highest BCUT2D eigenvalue weighted by Gasteiger charge is 2.10. The number of fused-ring (bicyclic) bond motifs is 1. The van der Waals surface area contributed by atoms with Crippen LogP contribution in [-0.4, -0.2) is 23.0 Å². The number of hydrogen-bond donors (Lipinski definition) is 0. The van der Waals surface area contributed by atoms with Gasteiger partial charge in [-0.05, 0) is 43.6 Å². The van der Waals surface area contributed by atoms with Crippen LogP contribution in [0.3, 0.4) is 0 Å². The van der Waals surface area contributed by atoms with Gasteiger partial charge in [-0.3, -0.25) is 9.88 Å². The zero-order chi connectivity index (χ0) is 11.5. The van der Waals surface area contributed by atoms with E-state index in [0.717, 1.165) is 12.1 Å². The third-order valence-corrected chi connectivity index (χ3v) is 3.50. The quantitative estimate of drug-likeness (QED) is 0.781. The van der Waals surface area contributed by atoms with Gasteiger partial charge in [0, 0.05) is 18.1 Å². The summed E-state index contributed by atoms with van der Waals surface area (Å²) in [5.41, 5.74) is 2.43. The first-order chi connectivity index (χ1) is 8.42. The van der Waals surface area contributed by atoms with Gasteiger partial charge in [0.1, 0.15) is 0 Å². The molecule has 2 nitrogen and oxygen atoms in total. The van der Waals surface area contributed by atoms with Crippen molar-refractivity contribution in [3.8, 4) is 0 Å². The predicted octanol–water partition coefficient (Wildman–Crippen LogP) is 3.22. The molecule has 1 saturated heterocycles. The van der Waals surface area contributed by atoms with Gasteiger partial charge in [0.15, 0.2) is 0 Å². The minimum atomic E-state index is 1.05. The SMILES string of the molecule is c1ccc2ncc(CN3CCCCC3)cc2c1. The lowest BCUT2D eigenvalue weighted by Gasteiger charge is -2.26. The molecular formula is C15H18N2. The molecule has 0 atom stereocenters. The number of para-hydroxylation sites is 1. The highest BCUT2D eigenvalue weighted by Crippen LogP contribution is 2.16. The van der Waals surface area contributed by atoms with Crippen molar-refractivity contribution in [2.24, 2.45) is 0 Å². The molecule has 1 aliphatic heterocycles. The lowest BCUT2D eigenvalue weighted by Crippen LogP contribution is -2.29. The second kappa shape index (κ2) is 4.84. The van der Waals surface area contributed by atoms with E-state index in [-0.39, 0.29) is 0 Å². The molecule has 0 unspecified atom stereocenters. The first kappa shape index (κ1) is 10.7. The molecular weight excluding hydrogens is 208 g/mol. The monoisotopic (exact) mass is 226 g/mol. The number of pyridine rings is 1. The molecule has 0 spiro atoms. The van der Waals surface area contributed by atoms with Gasteiger partial charge in [0.2, 0.25) is 0 Å². The van der Waals surface area contributed by atoms with Crippen molar-refractivity contribution in [3.05, 3.63) is 42.1 Å². The Morgan fingerprint density at radius 3 is 2.76 bits per heavy atom. The van der Waals surface area contributed by atoms with E-state index in [0.29, 0.717) is 0 Å². The zero-order valence-corrected chi connectivity index (χ0v) is 10.1. The average Bonchev–Trinajstić information content (AvgIpc) is 2.40. The summed E-state index contributed by atoms with van der Waals surface area (Å²) in [5, 5.41) is 1.25. The normalized spacial score (nSPS) is 17.4. The number of piperidine rings is 1. The lowest BCUT2D eigenvalue weighted by molar-refractivity contribution is 0.221. The summed E-state index contributed by atoms with van der Waals surface area (Å²) >= 11 is 0. The van der Waals surface area contributed by atoms with Gasteiger partial charge >= 0.3 is 0 Å². The second-order valence-corrected chi connectivity index (χ2v) is 4.87. The highest BCUT2D eigenvalue weighted by atomic mass is 15.1. The maximum Gasteiger partial charge on any atom is 0.0702 e. The van der Waals surface area contributed by atoms with Crippen molar-refractivity contribution in [1.82, 2.24) is 9.88 Å². The summed E-state index contributed by atoms with van der Waals surface area (Å²) in [6.07, 6.45) is 6.12. The van der Waals surface area contributed by atoms with Crippen molar-refractivity contribution in [2.45, 2.75) is 25.8 Å². The largest absolute Gasteiger partial charge is 0.299 e. The van der Waals surface area contributed by atoms with Crippen molar-refractivity contribution < 1.29 is 0 Å². The van der Waals surface area contributed by atoms with Crippen LogP contribution in [0, 0.1) is 0 Å². The van der Waals surface area contributed by atoms with Gasteiger partial charge in [-0.2, -0.15) is 0 Å². The van der Waals surface area contributed by atoms with E-state index < -0.39 is 0 Å². The van der Waals surface area contributed by atoms with Gasteiger partial charge in [-0.1, -0.05) is 24.6 Å². The Morgan fingerprint density at radius 2 is 1.88 bits per heavy atom. The third-order valence-electron chi connectivity index (χ3n) is 3.50. The fourth-order valence-electron chi connectivity index (χ4n) is 2.58. The molecule has 0 bridgehead atoms. The number of rotatable bonds is 2. The Bertz CT molecular complexity index is 501. The molecule has 1 aliphatic rings. The molecule has 1 fully saturated rings. The van der Waals surface area contributed by atoms with Crippen LogP contribution < -0.4 is 0 Å². The second-order valence-electron chi connectivity index (χ2n) is 4.87. The third kappa shape index (κ3) is 2.47. The first-order valence-electron chi connectivity index (χ1n) is 6.48. The van der Waals surface area contributed by atoms with Crippen LogP contribution in [0.4, 0.5) is 0 Å². The summed E-state index contributed by atoms with van der Waals surface area (Å²) in [5.74, 6) is 0. The molecule has 0 radical (unpaired) electrons. The summed E-state index contributed by atoms with van der Waals surface area (Å²) in [7, 11) is 0. The molecule has 0 saturated carbocycles. The Hall–Kier alpha value is -1.41. The summed E-state index contributed by atoms with van der Waals surface area (Å²) in [6.45, 7) is 3.54. The molecule has 17 heavy (non-hydrogen) atoms. The van der Waals surface area contributed by atoms with E-state index >= 15 is 0 Å². The van der Waals surface area contributed by atoms with Gasteiger partial charge in [0.05, 0.1) is 5.52 Å². The summed E-state index contributed by atoms with van der Waals surface area (Å²) < 4.78 is 0. The molecule has 2 heteroatoms. The summed E-state index contributed by atoms with van der Waals surface area (Å²) in [6, 6.07) is 10.6. The van der Waals surface area contributed by atoms with Crippen LogP contribution in [0.15, 0.2) is 36.5 Å². The lowest BCUT2D eigenvalue weighted by atomic mass is 10.1. The number of hydrogen-bond acceptors (Lipinski definition) is 2. The number of nitrogens with zero attached hydrogens (tertiary/aromatic N) is 2. The Balaban J connectivity index is 1.80. The molecule has 0 N–H and O–H groups in total. The van der Waals surface area contributed by atoms with Crippen LogP contribution in [0.5, 0.6) is 0 Å². The van der Waals surface area contributed by atoms with Gasteiger partial charge < -0.3 is 0 Å². The highest BCUT2D eigenvalue weighted by molar-refractivity contribution is 5.78. The molecule has 0 amide bonds. The Morgan fingerprint density at radius 1 is 1.06 bits per heavy atom. The summed E-state index contributed by atoms with van der Waals surface area (Å²) in [4.78, 5) is 7.06. The van der Waals surface area contributed by atoms with E-state index in [1.165, 1.54) is 43.3 Å². The predicted molar refractivity (Wildman–Crippen MR) is 70.9 cm³/mol. The van der Waals surface area contributed by atoms with Crippen molar-refractivity contribution in [1.29, 1.82) is 0 Å². The average molecular weight is 226 g/mol. The molecule has 1 aromatic carbocycles. The van der Waals surface area contributed by atoms with Crippen LogP contribution in [0.2, 0.25) is 0 Å². The maximum absolute atomic E-state index is 4.52. The van der Waals surface area contributed by atoms with Crippen LogP contribution in [-0.2, 0) is 6.54 Å². The number of benzene rings is 1. The van der Waals surface area contributed by atoms with E-state index in [2.05, 4.69) is 34.1 Å². The smallest absolute Gasteiger partial charge is 0.0702 e. The van der Waals surface area contributed by atoms with Gasteiger partial charge in [-0.15, -0.1) is 0 Å². The fraction of sp³-hybridized carbons (Fsp3) is 0.400. The number of likely N-dealkylation sites (tertiary alicyclic amines) is 1. The van der Waals surface area contributed by atoms with Crippen molar-refractivity contribution in [2.75, 3.05) is 13.1 Å². The van der Waals surface area contributed by atoms with Crippen molar-refractivity contribution >= 4 is 10.9 Å². The molecule has 2 heterocycles. The van der Waals surface area contributed by atoms with Crippen LogP contribution in [0.1, 0.15) is 24.8 Å². The zero-order valence-electron chi connectivity index (χ0n) is 10.1. The molecule has 88 valence electrons. The van der Waals surface area contributed by atoms with Gasteiger partial charge in [-0.25, -0.2) is 0 Å². The number of aromatic nitrogens is 1. The maximum atomic E-state index is 4.52. The van der Waals surface area contributed by atoms with E-state index in [1.807, 2.05) is 12.3 Å². The van der Waals surface area contributed by atoms with E-state index in [1.54, 1.807) is 0 Å². The van der Waals surface area contributed by atoms with Crippen LogP contribution in [0.25, 0.3) is 10.9 Å². The minimum Gasteiger partial charge on any atom is -0.299 e. The van der Waals surface area contributed by atoms with Crippen LogP contribution >= 0.6 is 0 Å². The van der Waals surface area contributed by atoms with E-state index in [9.17, 15) is 0 Å². The molecule has 1 aromatic heterocycles. The molecule has 3 rings (SSSR count). The van der Waals surface area contributed by atoms with E-state index in [4.69, 9.17) is 0 Å². The fourth-order valence-corrected chi connectivity index (χ4v) is 2.58. The standard InChI is InChI=1S/C15H18N2/c1-4-8-17(9-5-1)12-13-10-14-6-2-3-7-15(14)16-11-13/h2-3,6-7,10-11H,1,4-5,8-9,12H2.